The number of nitrogens with zero attached hydrogens (tertiary/aromatic N) is 3. The third-order valence-corrected chi connectivity index (χ3v) is 2.45. The van der Waals surface area contributed by atoms with Crippen molar-refractivity contribution in [2.75, 3.05) is 35.3 Å². The van der Waals surface area contributed by atoms with Gasteiger partial charge in [0.15, 0.2) is 17.5 Å². The van der Waals surface area contributed by atoms with Crippen LogP contribution in [0.3, 0.4) is 0 Å². The Morgan fingerprint density at radius 3 is 2.28 bits per heavy atom. The van der Waals surface area contributed by atoms with Gasteiger partial charge in [0.05, 0.1) is 13.7 Å². The van der Waals surface area contributed by atoms with Crippen LogP contribution >= 0.6 is 0 Å². The van der Waals surface area contributed by atoms with E-state index in [2.05, 4.69) is 4.99 Å². The van der Waals surface area contributed by atoms with Gasteiger partial charge in [-0.05, 0) is 17.7 Å². The molecule has 1 aromatic carbocycles. The molecule has 0 aliphatic heterocycles. The number of benzene rings is 1. The van der Waals surface area contributed by atoms with Crippen LogP contribution in [-0.4, -0.2) is 56.2 Å². The normalized spacial score (nSPS) is 9.83. The Morgan fingerprint density at radius 1 is 1.22 bits per heavy atom. The smallest absolute Gasteiger partial charge is 0.195 e. The zero-order valence-electron chi connectivity index (χ0n) is 11.6. The lowest BCUT2D eigenvalue weighted by Crippen LogP contribution is -2.35. The molecule has 0 fully saturated rings. The minimum atomic E-state index is 0.140. The Kier molecular flexibility index (Phi) is 4.83. The van der Waals surface area contributed by atoms with Crippen LogP contribution in [0.5, 0.6) is 11.5 Å². The van der Waals surface area contributed by atoms with Crippen LogP contribution in [0.4, 0.5) is 0 Å². The molecule has 18 heavy (non-hydrogen) atoms. The average molecular weight is 251 g/mol. The number of hydrogen-bond donors (Lipinski definition) is 1. The van der Waals surface area contributed by atoms with E-state index in [0.29, 0.717) is 12.3 Å². The van der Waals surface area contributed by atoms with Gasteiger partial charge in [-0.25, -0.2) is 4.99 Å². The monoisotopic (exact) mass is 251 g/mol. The van der Waals surface area contributed by atoms with Crippen molar-refractivity contribution in [2.24, 2.45) is 4.99 Å². The highest BCUT2D eigenvalue weighted by molar-refractivity contribution is 5.79. The van der Waals surface area contributed by atoms with Crippen LogP contribution in [0.2, 0.25) is 0 Å². The Morgan fingerprint density at radius 2 is 1.83 bits per heavy atom. The minimum Gasteiger partial charge on any atom is -0.504 e. The number of aromatic hydroxyl groups is 1. The van der Waals surface area contributed by atoms with Gasteiger partial charge < -0.3 is 19.6 Å². The highest BCUT2D eigenvalue weighted by Crippen LogP contribution is 2.26. The SMILES string of the molecule is COc1ccc(CN=C(N(C)C)N(C)C)cc1O. The number of methoxy groups -OCH3 is 1. The molecule has 5 nitrogen and oxygen atoms in total. The molecule has 1 N–H and O–H groups in total. The molecule has 0 aliphatic carbocycles. The van der Waals surface area contributed by atoms with Crippen molar-refractivity contribution in [1.82, 2.24) is 9.80 Å². The van der Waals surface area contributed by atoms with E-state index in [0.717, 1.165) is 11.5 Å². The van der Waals surface area contributed by atoms with Gasteiger partial charge in [0.1, 0.15) is 0 Å². The molecule has 0 spiro atoms. The molecule has 0 radical (unpaired) electrons. The highest BCUT2D eigenvalue weighted by Gasteiger charge is 2.05. The first-order valence-electron chi connectivity index (χ1n) is 5.70. The highest BCUT2D eigenvalue weighted by atomic mass is 16.5. The number of aliphatic imine (C=N–C) groups is 1. The second-order valence-electron chi connectivity index (χ2n) is 4.41. The summed E-state index contributed by atoms with van der Waals surface area (Å²) in [7, 11) is 9.33. The topological polar surface area (TPSA) is 48.3 Å². The van der Waals surface area contributed by atoms with Gasteiger partial charge >= 0.3 is 0 Å². The maximum Gasteiger partial charge on any atom is 0.195 e. The van der Waals surface area contributed by atoms with Crippen LogP contribution in [0.15, 0.2) is 23.2 Å². The summed E-state index contributed by atoms with van der Waals surface area (Å²) in [5.74, 6) is 1.50. The molecule has 0 aromatic heterocycles. The van der Waals surface area contributed by atoms with Crippen molar-refractivity contribution < 1.29 is 9.84 Å². The van der Waals surface area contributed by atoms with E-state index in [1.54, 1.807) is 12.1 Å². The number of phenolic OH excluding ortho intramolecular Hbond substituents is 1. The standard InChI is InChI=1S/C13H21N3O2/c1-15(2)13(16(3)4)14-9-10-6-7-12(18-5)11(17)8-10/h6-8,17H,9H2,1-5H3. The molecule has 0 saturated heterocycles. The van der Waals surface area contributed by atoms with E-state index in [4.69, 9.17) is 4.74 Å². The summed E-state index contributed by atoms with van der Waals surface area (Å²) in [5, 5.41) is 9.68. The number of phenols is 1. The van der Waals surface area contributed by atoms with Crippen LogP contribution < -0.4 is 4.74 Å². The van der Waals surface area contributed by atoms with Gasteiger partial charge in [-0.15, -0.1) is 0 Å². The van der Waals surface area contributed by atoms with E-state index in [1.165, 1.54) is 7.11 Å². The fourth-order valence-electron chi connectivity index (χ4n) is 1.68. The van der Waals surface area contributed by atoms with E-state index >= 15 is 0 Å². The van der Waals surface area contributed by atoms with Crippen molar-refractivity contribution in [3.8, 4) is 11.5 Å². The minimum absolute atomic E-state index is 0.140. The lowest BCUT2D eigenvalue weighted by molar-refractivity contribution is 0.373. The van der Waals surface area contributed by atoms with Crippen molar-refractivity contribution in [3.63, 3.8) is 0 Å². The second-order valence-corrected chi connectivity index (χ2v) is 4.41. The fourth-order valence-corrected chi connectivity index (χ4v) is 1.68. The zero-order chi connectivity index (χ0) is 13.7. The molecule has 0 bridgehead atoms. The van der Waals surface area contributed by atoms with Crippen molar-refractivity contribution in [2.45, 2.75) is 6.54 Å². The Labute approximate surface area is 108 Å². The van der Waals surface area contributed by atoms with Crippen LogP contribution in [0.25, 0.3) is 0 Å². The number of rotatable bonds is 3. The molecule has 0 amide bonds. The number of ether oxygens (including phenoxy) is 1. The third kappa shape index (κ3) is 3.55. The van der Waals surface area contributed by atoms with Crippen LogP contribution in [0, 0.1) is 0 Å². The van der Waals surface area contributed by atoms with Gasteiger partial charge in [0, 0.05) is 28.2 Å². The lowest BCUT2D eigenvalue weighted by atomic mass is 10.2. The summed E-state index contributed by atoms with van der Waals surface area (Å²) in [5.41, 5.74) is 0.939. The third-order valence-electron chi connectivity index (χ3n) is 2.45. The van der Waals surface area contributed by atoms with Crippen molar-refractivity contribution in [1.29, 1.82) is 0 Å². The first-order chi connectivity index (χ1) is 8.45. The van der Waals surface area contributed by atoms with E-state index in [-0.39, 0.29) is 5.75 Å². The maximum absolute atomic E-state index is 9.68. The molecule has 100 valence electrons. The van der Waals surface area contributed by atoms with Gasteiger partial charge in [-0.2, -0.15) is 0 Å². The zero-order valence-corrected chi connectivity index (χ0v) is 11.6. The molecule has 5 heteroatoms. The summed E-state index contributed by atoms with van der Waals surface area (Å²) in [4.78, 5) is 8.40. The first-order valence-corrected chi connectivity index (χ1v) is 5.70. The predicted octanol–water partition coefficient (Wildman–Crippen LogP) is 1.38. The molecule has 0 unspecified atom stereocenters. The summed E-state index contributed by atoms with van der Waals surface area (Å²) in [6, 6.07) is 5.31. The molecular formula is C13H21N3O2. The average Bonchev–Trinajstić information content (AvgIpc) is 2.28. The fraction of sp³-hybridized carbons (Fsp3) is 0.462. The lowest BCUT2D eigenvalue weighted by Gasteiger charge is -2.22. The summed E-state index contributed by atoms with van der Waals surface area (Å²) in [6.45, 7) is 0.517. The summed E-state index contributed by atoms with van der Waals surface area (Å²) >= 11 is 0. The number of guanidine groups is 1. The summed E-state index contributed by atoms with van der Waals surface area (Å²) < 4.78 is 5.00. The number of hydrogen-bond acceptors (Lipinski definition) is 3. The molecule has 0 saturated carbocycles. The Bertz CT molecular complexity index is 418. The molecule has 0 atom stereocenters. The molecule has 0 aliphatic rings. The van der Waals surface area contributed by atoms with Crippen molar-refractivity contribution in [3.05, 3.63) is 23.8 Å². The summed E-state index contributed by atoms with van der Waals surface area (Å²) in [6.07, 6.45) is 0. The van der Waals surface area contributed by atoms with Gasteiger partial charge in [0.2, 0.25) is 0 Å². The largest absolute Gasteiger partial charge is 0.504 e. The molecule has 1 rings (SSSR count). The maximum atomic E-state index is 9.68. The quantitative estimate of drug-likeness (QED) is 0.651. The van der Waals surface area contributed by atoms with E-state index in [9.17, 15) is 5.11 Å². The van der Waals surface area contributed by atoms with Crippen LogP contribution in [0.1, 0.15) is 5.56 Å². The second kappa shape index (κ2) is 6.14. The van der Waals surface area contributed by atoms with Crippen molar-refractivity contribution >= 4 is 5.96 Å². The predicted molar refractivity (Wildman–Crippen MR) is 73.2 cm³/mol. The van der Waals surface area contributed by atoms with Gasteiger partial charge in [-0.3, -0.25) is 0 Å². The van der Waals surface area contributed by atoms with Gasteiger partial charge in [0.25, 0.3) is 0 Å². The molecule has 1 aromatic rings. The van der Waals surface area contributed by atoms with E-state index in [1.807, 2.05) is 44.1 Å². The molecular weight excluding hydrogens is 230 g/mol. The Hall–Kier alpha value is -1.91. The first kappa shape index (κ1) is 14.2. The van der Waals surface area contributed by atoms with Crippen LogP contribution in [-0.2, 0) is 6.54 Å². The van der Waals surface area contributed by atoms with Gasteiger partial charge in [-0.1, -0.05) is 6.07 Å². The molecule has 0 heterocycles. The Balaban J connectivity index is 2.85. The van der Waals surface area contributed by atoms with E-state index < -0.39 is 0 Å².